The number of hydrogen-bond donors (Lipinski definition) is 1. The van der Waals surface area contributed by atoms with Crippen LogP contribution in [-0.2, 0) is 7.05 Å². The van der Waals surface area contributed by atoms with Crippen molar-refractivity contribution >= 4 is 18.4 Å². The van der Waals surface area contributed by atoms with Gasteiger partial charge >= 0.3 is 5.82 Å². The van der Waals surface area contributed by atoms with Crippen LogP contribution in [0, 0.1) is 21.4 Å². The molecule has 0 radical (unpaired) electrons. The lowest BCUT2D eigenvalue weighted by molar-refractivity contribution is -0.391. The summed E-state index contributed by atoms with van der Waals surface area (Å²) in [6.45, 7) is 0. The number of aromatic nitrogens is 4. The third-order valence-corrected chi connectivity index (χ3v) is 3.00. The van der Waals surface area contributed by atoms with E-state index in [9.17, 15) is 10.1 Å². The maximum atomic E-state index is 10.8. The summed E-state index contributed by atoms with van der Waals surface area (Å²) in [5.74, 6) is 0.170. The van der Waals surface area contributed by atoms with Gasteiger partial charge in [-0.2, -0.15) is 17.9 Å². The Morgan fingerprint density at radius 3 is 2.74 bits per heavy atom. The molecule has 9 heteroatoms. The van der Waals surface area contributed by atoms with Crippen LogP contribution in [-0.4, -0.2) is 24.4 Å². The first-order valence-electron chi connectivity index (χ1n) is 5.11. The first-order valence-corrected chi connectivity index (χ1v) is 5.63. The van der Waals surface area contributed by atoms with Crippen molar-refractivity contribution in [1.29, 1.82) is 5.26 Å². The van der Waals surface area contributed by atoms with Crippen LogP contribution in [0.4, 0.5) is 5.82 Å². The van der Waals surface area contributed by atoms with Crippen LogP contribution in [0.2, 0.25) is 0 Å². The van der Waals surface area contributed by atoms with E-state index < -0.39 is 10.2 Å². The fourth-order valence-corrected chi connectivity index (χ4v) is 2.02. The average molecular weight is 276 g/mol. The Balaban J connectivity index is 2.48. The Labute approximate surface area is 113 Å². The highest BCUT2D eigenvalue weighted by Gasteiger charge is 2.26. The topological polar surface area (TPSA) is 111 Å². The molecule has 0 saturated heterocycles. The zero-order chi connectivity index (χ0) is 14.0. The molecule has 0 aliphatic rings. The molecule has 0 N–H and O–H groups in total. The number of thiol groups is 1. The largest absolute Gasteiger partial charge is 0.358 e. The van der Waals surface area contributed by atoms with E-state index in [2.05, 4.69) is 27.6 Å². The maximum absolute atomic E-state index is 10.8. The van der Waals surface area contributed by atoms with Gasteiger partial charge in [-0.15, -0.1) is 0 Å². The zero-order valence-electron chi connectivity index (χ0n) is 9.76. The van der Waals surface area contributed by atoms with Crippen LogP contribution < -0.4 is 0 Å². The van der Waals surface area contributed by atoms with Gasteiger partial charge in [-0.1, -0.05) is 0 Å². The number of nitro groups is 1. The molecule has 0 aliphatic heterocycles. The smallest absolute Gasteiger partial charge is 0.342 e. The van der Waals surface area contributed by atoms with E-state index >= 15 is 0 Å². The van der Waals surface area contributed by atoms with E-state index in [1.165, 1.54) is 24.0 Å². The monoisotopic (exact) mass is 276 g/mol. The Bertz CT molecular complexity index is 677. The standard InChI is InChI=1S/C10H8N6O2S/c1-15-7(16(17)18)5-14-10(15)9(19)8-6(4-11)12-2-3-13-8/h2-3,5,9,19H,1H3. The van der Waals surface area contributed by atoms with Gasteiger partial charge < -0.3 is 10.1 Å². The molecule has 0 saturated carbocycles. The van der Waals surface area contributed by atoms with Crippen molar-refractivity contribution in [2.45, 2.75) is 5.25 Å². The molecule has 2 aromatic heterocycles. The highest BCUT2D eigenvalue weighted by Crippen LogP contribution is 2.28. The first-order chi connectivity index (χ1) is 9.06. The Hall–Kier alpha value is -2.47. The van der Waals surface area contributed by atoms with Gasteiger partial charge in [0.2, 0.25) is 5.82 Å². The van der Waals surface area contributed by atoms with Crippen LogP contribution in [0.25, 0.3) is 0 Å². The van der Waals surface area contributed by atoms with Gasteiger partial charge in [0.15, 0.2) is 5.69 Å². The Morgan fingerprint density at radius 2 is 2.16 bits per heavy atom. The molecule has 2 rings (SSSR count). The minimum absolute atomic E-state index is 0.119. The predicted molar refractivity (Wildman–Crippen MR) is 67.4 cm³/mol. The molecule has 1 unspecified atom stereocenters. The van der Waals surface area contributed by atoms with Gasteiger partial charge in [-0.3, -0.25) is 4.98 Å². The van der Waals surface area contributed by atoms with E-state index in [0.29, 0.717) is 11.5 Å². The van der Waals surface area contributed by atoms with Crippen LogP contribution in [0.3, 0.4) is 0 Å². The van der Waals surface area contributed by atoms with Crippen molar-refractivity contribution in [3.8, 4) is 6.07 Å². The molecule has 1 atom stereocenters. The molecule has 0 aromatic carbocycles. The number of nitriles is 1. The molecule has 0 aliphatic carbocycles. The first kappa shape index (κ1) is 13.0. The van der Waals surface area contributed by atoms with Crippen LogP contribution in [0.15, 0.2) is 18.6 Å². The second-order valence-electron chi connectivity index (χ2n) is 3.60. The van der Waals surface area contributed by atoms with Gasteiger partial charge in [0.05, 0.1) is 12.7 Å². The van der Waals surface area contributed by atoms with Crippen molar-refractivity contribution in [3.63, 3.8) is 0 Å². The SMILES string of the molecule is Cn1c([N+](=O)[O-])cnc1C(S)c1nccnc1C#N. The summed E-state index contributed by atoms with van der Waals surface area (Å²) in [5.41, 5.74) is 0.435. The molecule has 0 spiro atoms. The Kier molecular flexibility index (Phi) is 3.43. The number of hydrogen-bond acceptors (Lipinski definition) is 7. The van der Waals surface area contributed by atoms with Gasteiger partial charge in [0.1, 0.15) is 17.5 Å². The molecule has 2 aromatic rings. The molecule has 0 amide bonds. The molecule has 2 heterocycles. The fraction of sp³-hybridized carbons (Fsp3) is 0.200. The second-order valence-corrected chi connectivity index (χ2v) is 4.11. The van der Waals surface area contributed by atoms with E-state index in [4.69, 9.17) is 5.26 Å². The van der Waals surface area contributed by atoms with Gasteiger partial charge in [-0.05, 0) is 4.92 Å². The lowest BCUT2D eigenvalue weighted by Crippen LogP contribution is -2.08. The zero-order valence-corrected chi connectivity index (χ0v) is 10.7. The second kappa shape index (κ2) is 5.03. The third kappa shape index (κ3) is 2.25. The van der Waals surface area contributed by atoms with Gasteiger partial charge in [0, 0.05) is 12.4 Å². The van der Waals surface area contributed by atoms with Crippen LogP contribution in [0.5, 0.6) is 0 Å². The van der Waals surface area contributed by atoms with E-state index in [1.807, 2.05) is 6.07 Å². The van der Waals surface area contributed by atoms with Crippen LogP contribution >= 0.6 is 12.6 Å². The predicted octanol–water partition coefficient (Wildman–Crippen LogP) is 1.01. The average Bonchev–Trinajstić information content (AvgIpc) is 2.80. The molecule has 0 fully saturated rings. The molecule has 96 valence electrons. The van der Waals surface area contributed by atoms with Gasteiger partial charge in [-0.25, -0.2) is 14.5 Å². The summed E-state index contributed by atoms with van der Waals surface area (Å²) in [4.78, 5) is 22.1. The fourth-order valence-electron chi connectivity index (χ4n) is 1.60. The third-order valence-electron chi connectivity index (χ3n) is 2.52. The maximum Gasteiger partial charge on any atom is 0.342 e. The molecular formula is C10H8N6O2S. The summed E-state index contributed by atoms with van der Waals surface area (Å²) < 4.78 is 1.30. The minimum Gasteiger partial charge on any atom is -0.358 e. The molecule has 19 heavy (non-hydrogen) atoms. The van der Waals surface area contributed by atoms with E-state index in [1.54, 1.807) is 0 Å². The van der Waals surface area contributed by atoms with Crippen molar-refractivity contribution in [1.82, 2.24) is 19.5 Å². The molecular weight excluding hydrogens is 268 g/mol. The summed E-state index contributed by atoms with van der Waals surface area (Å²) in [5, 5.41) is 19.0. The van der Waals surface area contributed by atoms with Gasteiger partial charge in [0.25, 0.3) is 0 Å². The van der Waals surface area contributed by atoms with Crippen molar-refractivity contribution in [2.24, 2.45) is 7.05 Å². The lowest BCUT2D eigenvalue weighted by atomic mass is 10.2. The van der Waals surface area contributed by atoms with Crippen molar-refractivity contribution in [3.05, 3.63) is 45.9 Å². The van der Waals surface area contributed by atoms with Crippen molar-refractivity contribution in [2.75, 3.05) is 0 Å². The number of nitrogens with zero attached hydrogens (tertiary/aromatic N) is 6. The highest BCUT2D eigenvalue weighted by molar-refractivity contribution is 7.80. The quantitative estimate of drug-likeness (QED) is 0.509. The van der Waals surface area contributed by atoms with Crippen LogP contribution in [0.1, 0.15) is 22.5 Å². The summed E-state index contributed by atoms with van der Waals surface area (Å²) in [6, 6.07) is 1.90. The Morgan fingerprint density at radius 1 is 1.47 bits per heavy atom. The lowest BCUT2D eigenvalue weighted by Gasteiger charge is -2.07. The summed E-state index contributed by atoms with van der Waals surface area (Å²) >= 11 is 4.32. The molecule has 8 nitrogen and oxygen atoms in total. The number of imidazole rings is 1. The van der Waals surface area contributed by atoms with E-state index in [0.717, 1.165) is 6.20 Å². The van der Waals surface area contributed by atoms with E-state index in [-0.39, 0.29) is 11.5 Å². The number of rotatable bonds is 3. The normalized spacial score (nSPS) is 11.8. The molecule has 0 bridgehead atoms. The highest BCUT2D eigenvalue weighted by atomic mass is 32.1. The summed E-state index contributed by atoms with van der Waals surface area (Å²) in [6.07, 6.45) is 3.96. The minimum atomic E-state index is -0.665. The summed E-state index contributed by atoms with van der Waals surface area (Å²) in [7, 11) is 1.51. The van der Waals surface area contributed by atoms with Crippen molar-refractivity contribution < 1.29 is 4.92 Å².